The Morgan fingerprint density at radius 2 is 2.04 bits per heavy atom. The molecule has 0 spiro atoms. The average Bonchev–Trinajstić information content (AvgIpc) is 2.85. The van der Waals surface area contributed by atoms with Crippen molar-refractivity contribution in [1.29, 1.82) is 0 Å². The molecule has 2 fully saturated rings. The van der Waals surface area contributed by atoms with Gasteiger partial charge in [-0.3, -0.25) is 4.79 Å². The monoisotopic (exact) mass is 328 g/mol. The molecule has 1 aromatic rings. The number of urea groups is 1. The summed E-state index contributed by atoms with van der Waals surface area (Å²) < 4.78 is 0. The predicted octanol–water partition coefficient (Wildman–Crippen LogP) is 3.11. The highest BCUT2D eigenvalue weighted by molar-refractivity contribution is 5.99. The average molecular weight is 328 g/mol. The number of carbonyl (C=O) groups is 2. The number of hydrazone groups is 1. The second kappa shape index (κ2) is 5.61. The van der Waals surface area contributed by atoms with Crippen molar-refractivity contribution in [2.24, 2.45) is 27.6 Å². The van der Waals surface area contributed by atoms with Crippen molar-refractivity contribution in [1.82, 2.24) is 5.43 Å². The predicted molar refractivity (Wildman–Crippen MR) is 93.8 cm³/mol. The Morgan fingerprint density at radius 1 is 1.29 bits per heavy atom. The van der Waals surface area contributed by atoms with Crippen LogP contribution in [0.2, 0.25) is 0 Å². The highest BCUT2D eigenvalue weighted by Gasteiger charge is 2.59. The van der Waals surface area contributed by atoms with Gasteiger partial charge >= 0.3 is 6.03 Å². The highest BCUT2D eigenvalue weighted by atomic mass is 16.2. The zero-order valence-corrected chi connectivity index (χ0v) is 14.3. The van der Waals surface area contributed by atoms with Crippen LogP contribution in [0.4, 0.5) is 10.5 Å². The Bertz CT molecular complexity index is 725. The van der Waals surface area contributed by atoms with E-state index < -0.39 is 6.03 Å². The van der Waals surface area contributed by atoms with Gasteiger partial charge in [0.25, 0.3) is 5.91 Å². The fourth-order valence-electron chi connectivity index (χ4n) is 4.16. The number of hydrogen-bond donors (Lipinski definition) is 3. The molecule has 2 aliphatic rings. The lowest BCUT2D eigenvalue weighted by molar-refractivity contribution is 0.0954. The minimum absolute atomic E-state index is 0.0559. The molecule has 2 bridgehead atoms. The van der Waals surface area contributed by atoms with E-state index in [1.54, 1.807) is 24.3 Å². The van der Waals surface area contributed by atoms with Crippen LogP contribution in [-0.4, -0.2) is 17.6 Å². The van der Waals surface area contributed by atoms with E-state index in [2.05, 4.69) is 36.6 Å². The van der Waals surface area contributed by atoms with E-state index in [1.165, 1.54) is 6.42 Å². The van der Waals surface area contributed by atoms with Gasteiger partial charge in [0.15, 0.2) is 0 Å². The molecule has 0 heterocycles. The number of hydrogen-bond acceptors (Lipinski definition) is 3. The standard InChI is InChI=1S/C18H24N4O2/c1-17(2)12-7-8-18(17,3)14(10-12)21-22-15(23)11-5-4-6-13(9-11)20-16(19)24/h4-6,9,12H,7-8,10H2,1-3H3,(H,22,23)(H3,19,20,24)/b21-14+/t12-,18-/m0/s1. The Balaban J connectivity index is 1.74. The number of benzene rings is 1. The van der Waals surface area contributed by atoms with Gasteiger partial charge < -0.3 is 11.1 Å². The first-order chi connectivity index (χ1) is 11.2. The van der Waals surface area contributed by atoms with E-state index in [1.807, 2.05) is 0 Å². The maximum Gasteiger partial charge on any atom is 0.316 e. The van der Waals surface area contributed by atoms with Crippen molar-refractivity contribution < 1.29 is 9.59 Å². The normalized spacial score (nSPS) is 28.8. The number of amides is 3. The Hall–Kier alpha value is -2.37. The van der Waals surface area contributed by atoms with Crippen molar-refractivity contribution in [3.05, 3.63) is 29.8 Å². The summed E-state index contributed by atoms with van der Waals surface area (Å²) >= 11 is 0. The van der Waals surface area contributed by atoms with Crippen LogP contribution in [-0.2, 0) is 0 Å². The van der Waals surface area contributed by atoms with Crippen LogP contribution in [0.1, 0.15) is 50.4 Å². The summed E-state index contributed by atoms with van der Waals surface area (Å²) in [6.45, 7) is 6.85. The summed E-state index contributed by atoms with van der Waals surface area (Å²) in [5.41, 5.74) is 10.0. The second-order valence-electron chi connectivity index (χ2n) is 7.56. The minimum Gasteiger partial charge on any atom is -0.351 e. The molecule has 6 nitrogen and oxygen atoms in total. The maximum absolute atomic E-state index is 12.3. The highest BCUT2D eigenvalue weighted by Crippen LogP contribution is 2.63. The van der Waals surface area contributed by atoms with Gasteiger partial charge in [0.2, 0.25) is 0 Å². The minimum atomic E-state index is -0.662. The molecule has 1 aromatic carbocycles. The number of nitrogens with two attached hydrogens (primary N) is 1. The fourth-order valence-corrected chi connectivity index (χ4v) is 4.16. The molecule has 0 saturated heterocycles. The van der Waals surface area contributed by atoms with Gasteiger partial charge in [0.05, 0.1) is 0 Å². The number of anilines is 1. The van der Waals surface area contributed by atoms with Crippen molar-refractivity contribution >= 4 is 23.3 Å². The van der Waals surface area contributed by atoms with Crippen molar-refractivity contribution in [3.8, 4) is 0 Å². The van der Waals surface area contributed by atoms with Gasteiger partial charge in [0, 0.05) is 22.4 Å². The van der Waals surface area contributed by atoms with Gasteiger partial charge in [-0.15, -0.1) is 0 Å². The number of nitrogens with zero attached hydrogens (tertiary/aromatic N) is 1. The van der Waals surface area contributed by atoms with E-state index in [0.29, 0.717) is 17.2 Å². The number of nitrogens with one attached hydrogen (secondary N) is 2. The number of fused-ring (bicyclic) bond motifs is 2. The Kier molecular flexibility index (Phi) is 3.86. The van der Waals surface area contributed by atoms with E-state index in [-0.39, 0.29) is 16.7 Å². The summed E-state index contributed by atoms with van der Waals surface area (Å²) in [7, 11) is 0. The molecule has 24 heavy (non-hydrogen) atoms. The largest absolute Gasteiger partial charge is 0.351 e. The number of rotatable bonds is 3. The molecule has 0 unspecified atom stereocenters. The van der Waals surface area contributed by atoms with Gasteiger partial charge in [-0.1, -0.05) is 26.8 Å². The second-order valence-corrected chi connectivity index (χ2v) is 7.56. The van der Waals surface area contributed by atoms with Crippen LogP contribution in [0, 0.1) is 16.7 Å². The van der Waals surface area contributed by atoms with Crippen LogP contribution in [0.3, 0.4) is 0 Å². The Labute approximate surface area is 141 Å². The van der Waals surface area contributed by atoms with Gasteiger partial charge in [-0.05, 0) is 48.8 Å². The zero-order valence-electron chi connectivity index (χ0n) is 14.3. The SMILES string of the molecule is CC1(C)[C@H]2CC[C@@]1(C)/C(=N/NC(=O)c1cccc(NC(N)=O)c1)C2. The third-order valence-electron chi connectivity index (χ3n) is 6.20. The molecule has 6 heteroatoms. The first-order valence-corrected chi connectivity index (χ1v) is 8.28. The third-order valence-corrected chi connectivity index (χ3v) is 6.20. The van der Waals surface area contributed by atoms with Gasteiger partial charge in [-0.25, -0.2) is 10.2 Å². The molecule has 0 aliphatic heterocycles. The third kappa shape index (κ3) is 2.56. The molecule has 128 valence electrons. The zero-order chi connectivity index (χ0) is 17.5. The molecule has 3 rings (SSSR count). The molecule has 2 atom stereocenters. The van der Waals surface area contributed by atoms with Crippen LogP contribution in [0.15, 0.2) is 29.4 Å². The first-order valence-electron chi connectivity index (χ1n) is 8.28. The van der Waals surface area contributed by atoms with Crippen molar-refractivity contribution in [2.75, 3.05) is 5.32 Å². The van der Waals surface area contributed by atoms with Gasteiger partial charge in [0.1, 0.15) is 0 Å². The summed E-state index contributed by atoms with van der Waals surface area (Å²) in [6.07, 6.45) is 3.31. The quantitative estimate of drug-likeness (QED) is 0.743. The van der Waals surface area contributed by atoms with Gasteiger partial charge in [-0.2, -0.15) is 5.10 Å². The topological polar surface area (TPSA) is 96.6 Å². The first kappa shape index (κ1) is 16.5. The summed E-state index contributed by atoms with van der Waals surface area (Å²) in [6, 6.07) is 5.95. The molecule has 0 radical (unpaired) electrons. The summed E-state index contributed by atoms with van der Waals surface area (Å²) in [5.74, 6) is 0.348. The van der Waals surface area contributed by atoms with Crippen LogP contribution >= 0.6 is 0 Å². The molecule has 2 saturated carbocycles. The molecule has 0 aromatic heterocycles. The maximum atomic E-state index is 12.3. The lowest BCUT2D eigenvalue weighted by atomic mass is 9.70. The molecule has 3 amide bonds. The number of primary amides is 1. The summed E-state index contributed by atoms with van der Waals surface area (Å²) in [4.78, 5) is 23.3. The van der Waals surface area contributed by atoms with Crippen molar-refractivity contribution in [3.63, 3.8) is 0 Å². The molecular formula is C18H24N4O2. The van der Waals surface area contributed by atoms with Crippen LogP contribution < -0.4 is 16.5 Å². The summed E-state index contributed by atoms with van der Waals surface area (Å²) in [5, 5.41) is 6.90. The van der Waals surface area contributed by atoms with E-state index in [9.17, 15) is 9.59 Å². The van der Waals surface area contributed by atoms with Crippen LogP contribution in [0.5, 0.6) is 0 Å². The van der Waals surface area contributed by atoms with E-state index in [0.717, 1.165) is 18.6 Å². The molecular weight excluding hydrogens is 304 g/mol. The smallest absolute Gasteiger partial charge is 0.316 e. The fraction of sp³-hybridized carbons (Fsp3) is 0.500. The molecule has 2 aliphatic carbocycles. The Morgan fingerprint density at radius 3 is 2.62 bits per heavy atom. The number of carbonyl (C=O) groups excluding carboxylic acids is 2. The van der Waals surface area contributed by atoms with E-state index >= 15 is 0 Å². The lowest BCUT2D eigenvalue weighted by Crippen LogP contribution is -2.34. The molecule has 4 N–H and O–H groups in total. The van der Waals surface area contributed by atoms with Crippen molar-refractivity contribution in [2.45, 2.75) is 40.0 Å². The van der Waals surface area contributed by atoms with Crippen LogP contribution in [0.25, 0.3) is 0 Å². The van der Waals surface area contributed by atoms with E-state index in [4.69, 9.17) is 5.73 Å². The lowest BCUT2D eigenvalue weighted by Gasteiger charge is -2.34.